The molecule has 21 heavy (non-hydrogen) atoms. The van der Waals surface area contributed by atoms with E-state index in [1.807, 2.05) is 0 Å². The summed E-state index contributed by atoms with van der Waals surface area (Å²) in [5, 5.41) is 6.27. The Morgan fingerprint density at radius 2 is 2.10 bits per heavy atom. The number of aromatic amines is 1. The molecule has 1 aromatic carbocycles. The van der Waals surface area contributed by atoms with Crippen molar-refractivity contribution in [1.82, 2.24) is 15.1 Å². The molecule has 8 heteroatoms. The molecule has 1 N–H and O–H groups in total. The molecule has 112 valence electrons. The van der Waals surface area contributed by atoms with E-state index in [4.69, 9.17) is 0 Å². The number of rotatable bonds is 3. The van der Waals surface area contributed by atoms with Crippen molar-refractivity contribution in [2.45, 2.75) is 12.7 Å². The number of hydrogen-bond acceptors (Lipinski definition) is 2. The Labute approximate surface area is 117 Å². The van der Waals surface area contributed by atoms with Gasteiger partial charge in [0.25, 0.3) is 5.91 Å². The minimum Gasteiger partial charge on any atom is -0.337 e. The second-order valence-corrected chi connectivity index (χ2v) is 4.46. The maximum absolute atomic E-state index is 13.2. The van der Waals surface area contributed by atoms with Crippen molar-refractivity contribution < 1.29 is 22.4 Å². The highest BCUT2D eigenvalue weighted by atomic mass is 19.4. The van der Waals surface area contributed by atoms with Gasteiger partial charge in [0, 0.05) is 30.9 Å². The molecular formula is C13H11F4N3O. The summed E-state index contributed by atoms with van der Waals surface area (Å²) in [4.78, 5) is 13.3. The van der Waals surface area contributed by atoms with E-state index < -0.39 is 23.5 Å². The monoisotopic (exact) mass is 301 g/mol. The smallest absolute Gasteiger partial charge is 0.337 e. The number of hydrogen-bond donors (Lipinski definition) is 1. The number of nitrogens with one attached hydrogen (secondary N) is 1. The molecule has 0 aliphatic rings. The molecule has 0 unspecified atom stereocenters. The molecule has 0 aliphatic heterocycles. The highest BCUT2D eigenvalue weighted by Gasteiger charge is 2.34. The normalized spacial score (nSPS) is 11.5. The lowest BCUT2D eigenvalue weighted by molar-refractivity contribution is -0.140. The Balaban J connectivity index is 2.23. The minimum absolute atomic E-state index is 0.175. The van der Waals surface area contributed by atoms with Crippen LogP contribution in [0.25, 0.3) is 0 Å². The molecule has 0 atom stereocenters. The van der Waals surface area contributed by atoms with Crippen LogP contribution in [0.2, 0.25) is 0 Å². The average molecular weight is 301 g/mol. The SMILES string of the molecule is CN(Cc1cn[nH]c1)C(=O)c1ccc(F)c(C(F)(F)F)c1. The first kappa shape index (κ1) is 15.0. The lowest BCUT2D eigenvalue weighted by Crippen LogP contribution is -2.26. The fourth-order valence-electron chi connectivity index (χ4n) is 1.81. The van der Waals surface area contributed by atoms with Crippen LogP contribution in [0.5, 0.6) is 0 Å². The van der Waals surface area contributed by atoms with E-state index in [0.29, 0.717) is 17.7 Å². The molecule has 0 bridgehead atoms. The number of nitrogens with zero attached hydrogens (tertiary/aromatic N) is 2. The first-order valence-electron chi connectivity index (χ1n) is 5.89. The molecule has 0 spiro atoms. The van der Waals surface area contributed by atoms with Gasteiger partial charge in [0.1, 0.15) is 5.82 Å². The highest BCUT2D eigenvalue weighted by molar-refractivity contribution is 5.94. The largest absolute Gasteiger partial charge is 0.419 e. The van der Waals surface area contributed by atoms with Crippen molar-refractivity contribution in [3.05, 3.63) is 53.1 Å². The summed E-state index contributed by atoms with van der Waals surface area (Å²) in [6, 6.07) is 2.18. The van der Waals surface area contributed by atoms with Crippen molar-refractivity contribution in [3.63, 3.8) is 0 Å². The highest BCUT2D eigenvalue weighted by Crippen LogP contribution is 2.32. The average Bonchev–Trinajstić information content (AvgIpc) is 2.90. The van der Waals surface area contributed by atoms with Crippen molar-refractivity contribution in [3.8, 4) is 0 Å². The molecule has 0 saturated carbocycles. The van der Waals surface area contributed by atoms with Gasteiger partial charge >= 0.3 is 6.18 Å². The van der Waals surface area contributed by atoms with E-state index in [2.05, 4.69) is 10.2 Å². The van der Waals surface area contributed by atoms with E-state index in [-0.39, 0.29) is 12.1 Å². The van der Waals surface area contributed by atoms with Crippen molar-refractivity contribution in [2.75, 3.05) is 7.05 Å². The molecule has 2 rings (SSSR count). The third-order valence-corrected chi connectivity index (χ3v) is 2.84. The Bertz CT molecular complexity index is 637. The quantitative estimate of drug-likeness (QED) is 0.886. The number of H-pyrrole nitrogens is 1. The molecule has 0 aliphatic carbocycles. The van der Waals surface area contributed by atoms with Crippen LogP contribution in [0.1, 0.15) is 21.5 Å². The molecule has 1 heterocycles. The van der Waals surface area contributed by atoms with Gasteiger partial charge in [-0.15, -0.1) is 0 Å². The Morgan fingerprint density at radius 3 is 2.67 bits per heavy atom. The summed E-state index contributed by atoms with van der Waals surface area (Å²) in [6.07, 6.45) is -1.78. The van der Waals surface area contributed by atoms with Crippen molar-refractivity contribution in [2.24, 2.45) is 0 Å². The first-order chi connectivity index (χ1) is 9.79. The van der Waals surface area contributed by atoms with Gasteiger partial charge in [0.15, 0.2) is 0 Å². The van der Waals surface area contributed by atoms with E-state index >= 15 is 0 Å². The van der Waals surface area contributed by atoms with Crippen LogP contribution < -0.4 is 0 Å². The zero-order valence-electron chi connectivity index (χ0n) is 10.9. The molecule has 0 saturated heterocycles. The maximum atomic E-state index is 13.2. The van der Waals surface area contributed by atoms with Crippen LogP contribution in [0.15, 0.2) is 30.6 Å². The summed E-state index contributed by atoms with van der Waals surface area (Å²) < 4.78 is 51.0. The second-order valence-electron chi connectivity index (χ2n) is 4.46. The fourth-order valence-corrected chi connectivity index (χ4v) is 1.81. The summed E-state index contributed by atoms with van der Waals surface area (Å²) in [5.74, 6) is -2.04. The third kappa shape index (κ3) is 3.39. The van der Waals surface area contributed by atoms with E-state index in [9.17, 15) is 22.4 Å². The van der Waals surface area contributed by atoms with Gasteiger partial charge in [-0.05, 0) is 18.2 Å². The number of benzene rings is 1. The number of carbonyl (C=O) groups is 1. The minimum atomic E-state index is -4.84. The van der Waals surface area contributed by atoms with Gasteiger partial charge in [-0.1, -0.05) is 0 Å². The molecule has 1 amide bonds. The van der Waals surface area contributed by atoms with Crippen LogP contribution in [0, 0.1) is 5.82 Å². The predicted octanol–water partition coefficient (Wildman–Crippen LogP) is 2.84. The Morgan fingerprint density at radius 1 is 1.38 bits per heavy atom. The van der Waals surface area contributed by atoms with Gasteiger partial charge in [-0.25, -0.2) is 4.39 Å². The third-order valence-electron chi connectivity index (χ3n) is 2.84. The molecule has 4 nitrogen and oxygen atoms in total. The molecule has 0 fully saturated rings. The lowest BCUT2D eigenvalue weighted by atomic mass is 10.1. The summed E-state index contributed by atoms with van der Waals surface area (Å²) in [6.45, 7) is 0.175. The van der Waals surface area contributed by atoms with Gasteiger partial charge in [-0.2, -0.15) is 18.3 Å². The Kier molecular flexibility index (Phi) is 3.97. The number of alkyl halides is 3. The second kappa shape index (κ2) is 5.55. The maximum Gasteiger partial charge on any atom is 0.419 e. The molecular weight excluding hydrogens is 290 g/mol. The van der Waals surface area contributed by atoms with Gasteiger partial charge in [0.2, 0.25) is 0 Å². The summed E-state index contributed by atoms with van der Waals surface area (Å²) in [7, 11) is 1.44. The number of halogens is 4. The lowest BCUT2D eigenvalue weighted by Gasteiger charge is -2.17. The molecule has 2 aromatic rings. The van der Waals surface area contributed by atoms with Crippen molar-refractivity contribution >= 4 is 5.91 Å². The van der Waals surface area contributed by atoms with Crippen molar-refractivity contribution in [1.29, 1.82) is 0 Å². The summed E-state index contributed by atoms with van der Waals surface area (Å²) >= 11 is 0. The summed E-state index contributed by atoms with van der Waals surface area (Å²) in [5.41, 5.74) is -0.983. The first-order valence-corrected chi connectivity index (χ1v) is 5.89. The number of amides is 1. The predicted molar refractivity (Wildman–Crippen MR) is 65.8 cm³/mol. The van der Waals surface area contributed by atoms with Crippen LogP contribution in [0.3, 0.4) is 0 Å². The van der Waals surface area contributed by atoms with E-state index in [1.165, 1.54) is 18.1 Å². The number of aromatic nitrogens is 2. The number of carbonyl (C=O) groups excluding carboxylic acids is 1. The van der Waals surface area contributed by atoms with E-state index in [0.717, 1.165) is 6.07 Å². The fraction of sp³-hybridized carbons (Fsp3) is 0.231. The van der Waals surface area contributed by atoms with Crippen LogP contribution in [-0.2, 0) is 12.7 Å². The molecule has 1 aromatic heterocycles. The molecule has 0 radical (unpaired) electrons. The van der Waals surface area contributed by atoms with Gasteiger partial charge < -0.3 is 4.90 Å². The van der Waals surface area contributed by atoms with E-state index in [1.54, 1.807) is 6.20 Å². The zero-order chi connectivity index (χ0) is 15.6. The standard InChI is InChI=1S/C13H11F4N3O/c1-20(7-8-5-18-19-6-8)12(21)9-2-3-11(14)10(4-9)13(15,16)17/h2-6H,7H2,1H3,(H,18,19). The Hall–Kier alpha value is -2.38. The van der Waals surface area contributed by atoms with Crippen LogP contribution >= 0.6 is 0 Å². The zero-order valence-corrected chi connectivity index (χ0v) is 10.9. The van der Waals surface area contributed by atoms with Crippen LogP contribution in [0.4, 0.5) is 17.6 Å². The van der Waals surface area contributed by atoms with Crippen LogP contribution in [-0.4, -0.2) is 28.1 Å². The van der Waals surface area contributed by atoms with Gasteiger partial charge in [-0.3, -0.25) is 9.89 Å². The topological polar surface area (TPSA) is 49.0 Å². The van der Waals surface area contributed by atoms with Gasteiger partial charge in [0.05, 0.1) is 11.8 Å².